The van der Waals surface area contributed by atoms with Gasteiger partial charge >= 0.3 is 5.97 Å². The first-order chi connectivity index (χ1) is 9.48. The predicted molar refractivity (Wildman–Crippen MR) is 80.7 cm³/mol. The minimum atomic E-state index is -0.675. The standard InChI is InChI=1S/C14H23N3O2S/c1-5-19-12(18)14(4,17-11(2)3)7-10-20-13-15-8-6-9-16-13/h6,8-9,11,17H,5,7,10H2,1-4H3. The largest absolute Gasteiger partial charge is 0.465 e. The summed E-state index contributed by atoms with van der Waals surface area (Å²) in [6.07, 6.45) is 4.09. The zero-order chi connectivity index (χ0) is 15.0. The average molecular weight is 297 g/mol. The molecule has 0 bridgehead atoms. The van der Waals surface area contributed by atoms with Crippen molar-refractivity contribution >= 4 is 17.7 Å². The molecule has 1 N–H and O–H groups in total. The van der Waals surface area contributed by atoms with Gasteiger partial charge in [-0.2, -0.15) is 0 Å². The van der Waals surface area contributed by atoms with Crippen LogP contribution >= 0.6 is 11.8 Å². The summed E-state index contributed by atoms with van der Waals surface area (Å²) in [6, 6.07) is 2.00. The molecule has 0 saturated heterocycles. The summed E-state index contributed by atoms with van der Waals surface area (Å²) in [5.74, 6) is 0.544. The Balaban J connectivity index is 2.58. The maximum absolute atomic E-state index is 12.1. The summed E-state index contributed by atoms with van der Waals surface area (Å²) in [4.78, 5) is 20.4. The Hall–Kier alpha value is -1.14. The molecule has 1 aromatic rings. The molecule has 0 aliphatic rings. The molecule has 0 amide bonds. The van der Waals surface area contributed by atoms with Crippen LogP contribution in [0.1, 0.15) is 34.1 Å². The molecule has 1 unspecified atom stereocenters. The van der Waals surface area contributed by atoms with E-state index < -0.39 is 5.54 Å². The highest BCUT2D eigenvalue weighted by Gasteiger charge is 2.34. The van der Waals surface area contributed by atoms with Gasteiger partial charge in [-0.1, -0.05) is 11.8 Å². The topological polar surface area (TPSA) is 64.1 Å². The number of ether oxygens (including phenoxy) is 1. The van der Waals surface area contributed by atoms with Gasteiger partial charge in [0.1, 0.15) is 5.54 Å². The van der Waals surface area contributed by atoms with Gasteiger partial charge in [-0.3, -0.25) is 10.1 Å². The highest BCUT2D eigenvalue weighted by atomic mass is 32.2. The third kappa shape index (κ3) is 5.46. The van der Waals surface area contributed by atoms with Crippen LogP contribution in [-0.4, -0.2) is 39.9 Å². The second kappa shape index (κ2) is 8.21. The maximum Gasteiger partial charge on any atom is 0.326 e. The Kier molecular flexibility index (Phi) is 6.95. The van der Waals surface area contributed by atoms with Crippen molar-refractivity contribution in [2.24, 2.45) is 0 Å². The third-order valence-corrected chi connectivity index (χ3v) is 3.59. The lowest BCUT2D eigenvalue weighted by Crippen LogP contribution is -2.53. The molecule has 5 nitrogen and oxygen atoms in total. The smallest absolute Gasteiger partial charge is 0.326 e. The molecule has 0 fully saturated rings. The van der Waals surface area contributed by atoms with Crippen LogP contribution in [0.5, 0.6) is 0 Å². The van der Waals surface area contributed by atoms with Gasteiger partial charge in [0.25, 0.3) is 0 Å². The zero-order valence-electron chi connectivity index (χ0n) is 12.5. The van der Waals surface area contributed by atoms with Crippen molar-refractivity contribution in [2.75, 3.05) is 12.4 Å². The van der Waals surface area contributed by atoms with E-state index in [1.165, 1.54) is 11.8 Å². The van der Waals surface area contributed by atoms with Crippen LogP contribution in [0.4, 0.5) is 0 Å². The summed E-state index contributed by atoms with van der Waals surface area (Å²) in [5.41, 5.74) is -0.675. The summed E-state index contributed by atoms with van der Waals surface area (Å²) < 4.78 is 5.17. The Bertz CT molecular complexity index is 414. The van der Waals surface area contributed by atoms with E-state index in [1.54, 1.807) is 18.5 Å². The van der Waals surface area contributed by atoms with Crippen molar-refractivity contribution in [1.29, 1.82) is 0 Å². The van der Waals surface area contributed by atoms with E-state index in [-0.39, 0.29) is 12.0 Å². The van der Waals surface area contributed by atoms with Crippen molar-refractivity contribution in [3.63, 3.8) is 0 Å². The predicted octanol–water partition coefficient (Wildman–Crippen LogP) is 2.28. The van der Waals surface area contributed by atoms with Crippen LogP contribution in [0.25, 0.3) is 0 Å². The SMILES string of the molecule is CCOC(=O)C(C)(CCSc1ncccn1)NC(C)C. The molecule has 0 saturated carbocycles. The molecular weight excluding hydrogens is 274 g/mol. The van der Waals surface area contributed by atoms with Gasteiger partial charge in [-0.15, -0.1) is 0 Å². The van der Waals surface area contributed by atoms with Crippen molar-refractivity contribution in [2.45, 2.75) is 50.9 Å². The van der Waals surface area contributed by atoms with Crippen LogP contribution in [-0.2, 0) is 9.53 Å². The number of hydrogen-bond donors (Lipinski definition) is 1. The molecule has 0 aromatic carbocycles. The molecule has 20 heavy (non-hydrogen) atoms. The minimum absolute atomic E-state index is 0.205. The van der Waals surface area contributed by atoms with E-state index in [9.17, 15) is 4.79 Å². The number of nitrogens with one attached hydrogen (secondary N) is 1. The first-order valence-corrected chi connectivity index (χ1v) is 7.81. The average Bonchev–Trinajstić information content (AvgIpc) is 2.39. The molecule has 6 heteroatoms. The second-order valence-corrected chi connectivity index (χ2v) is 6.04. The number of thioether (sulfide) groups is 1. The Morgan fingerprint density at radius 1 is 1.45 bits per heavy atom. The number of hydrogen-bond acceptors (Lipinski definition) is 6. The van der Waals surface area contributed by atoms with E-state index in [0.717, 1.165) is 10.9 Å². The van der Waals surface area contributed by atoms with Crippen molar-refractivity contribution < 1.29 is 9.53 Å². The Labute approximate surface area is 124 Å². The van der Waals surface area contributed by atoms with Gasteiger partial charge in [0, 0.05) is 24.2 Å². The fraction of sp³-hybridized carbons (Fsp3) is 0.643. The van der Waals surface area contributed by atoms with Crippen molar-refractivity contribution in [1.82, 2.24) is 15.3 Å². The third-order valence-electron chi connectivity index (χ3n) is 2.71. The van der Waals surface area contributed by atoms with Crippen LogP contribution in [0.2, 0.25) is 0 Å². The lowest BCUT2D eigenvalue weighted by Gasteiger charge is -2.30. The van der Waals surface area contributed by atoms with Gasteiger partial charge < -0.3 is 4.74 Å². The van der Waals surface area contributed by atoms with E-state index in [4.69, 9.17) is 4.74 Å². The molecule has 1 rings (SSSR count). The van der Waals surface area contributed by atoms with Gasteiger partial charge in [0.15, 0.2) is 5.16 Å². The summed E-state index contributed by atoms with van der Waals surface area (Å²) in [7, 11) is 0. The highest BCUT2D eigenvalue weighted by Crippen LogP contribution is 2.20. The second-order valence-electron chi connectivity index (χ2n) is 4.98. The van der Waals surface area contributed by atoms with Gasteiger partial charge in [0.05, 0.1) is 6.61 Å². The van der Waals surface area contributed by atoms with Crippen molar-refractivity contribution in [3.05, 3.63) is 18.5 Å². The summed E-state index contributed by atoms with van der Waals surface area (Å²) in [6.45, 7) is 8.14. The van der Waals surface area contributed by atoms with E-state index in [1.807, 2.05) is 27.7 Å². The molecule has 0 aliphatic heterocycles. The molecule has 112 valence electrons. The monoisotopic (exact) mass is 297 g/mol. The number of nitrogens with zero attached hydrogens (tertiary/aromatic N) is 2. The first-order valence-electron chi connectivity index (χ1n) is 6.82. The van der Waals surface area contributed by atoms with E-state index >= 15 is 0 Å². The van der Waals surface area contributed by atoms with Crippen LogP contribution < -0.4 is 5.32 Å². The number of carbonyl (C=O) groups is 1. The quantitative estimate of drug-likeness (QED) is 0.451. The van der Waals surface area contributed by atoms with Crippen LogP contribution in [0.15, 0.2) is 23.6 Å². The maximum atomic E-state index is 12.1. The fourth-order valence-electron chi connectivity index (χ4n) is 1.87. The molecule has 0 spiro atoms. The molecule has 1 aromatic heterocycles. The number of esters is 1. The molecule has 1 heterocycles. The van der Waals surface area contributed by atoms with E-state index in [2.05, 4.69) is 15.3 Å². The lowest BCUT2D eigenvalue weighted by molar-refractivity contribution is -0.150. The van der Waals surface area contributed by atoms with Gasteiger partial charge in [-0.25, -0.2) is 9.97 Å². The highest BCUT2D eigenvalue weighted by molar-refractivity contribution is 7.99. The molecule has 0 radical (unpaired) electrons. The number of aromatic nitrogens is 2. The summed E-state index contributed by atoms with van der Waals surface area (Å²) >= 11 is 1.54. The normalized spacial score (nSPS) is 14.1. The lowest BCUT2D eigenvalue weighted by atomic mass is 9.98. The Morgan fingerprint density at radius 2 is 2.10 bits per heavy atom. The molecule has 1 atom stereocenters. The Morgan fingerprint density at radius 3 is 2.65 bits per heavy atom. The molecule has 0 aliphatic carbocycles. The first kappa shape index (κ1) is 16.9. The van der Waals surface area contributed by atoms with Gasteiger partial charge in [0.2, 0.25) is 0 Å². The van der Waals surface area contributed by atoms with Crippen LogP contribution in [0.3, 0.4) is 0 Å². The summed E-state index contributed by atoms with van der Waals surface area (Å²) in [5, 5.41) is 4.02. The van der Waals surface area contributed by atoms with Gasteiger partial charge in [-0.05, 0) is 40.2 Å². The minimum Gasteiger partial charge on any atom is -0.465 e. The number of carbonyl (C=O) groups excluding carboxylic acids is 1. The van der Waals surface area contributed by atoms with Crippen molar-refractivity contribution in [3.8, 4) is 0 Å². The van der Waals surface area contributed by atoms with Crippen LogP contribution in [0, 0.1) is 0 Å². The fourth-order valence-corrected chi connectivity index (χ4v) is 2.83. The zero-order valence-corrected chi connectivity index (χ0v) is 13.4. The van der Waals surface area contributed by atoms with E-state index in [0.29, 0.717) is 13.0 Å². The molecular formula is C14H23N3O2S. The number of rotatable bonds is 8.